The summed E-state index contributed by atoms with van der Waals surface area (Å²) < 4.78 is 5.93. The number of amides is 2. The summed E-state index contributed by atoms with van der Waals surface area (Å²) in [7, 11) is 0. The molecule has 0 aliphatic carbocycles. The van der Waals surface area contributed by atoms with Crippen LogP contribution in [0.3, 0.4) is 0 Å². The molecule has 124 valence electrons. The smallest absolute Gasteiger partial charge is 0.228 e. The molecule has 2 aliphatic rings. The lowest BCUT2D eigenvalue weighted by Gasteiger charge is -2.40. The van der Waals surface area contributed by atoms with E-state index in [1.807, 2.05) is 24.0 Å². The third kappa shape index (κ3) is 3.33. The van der Waals surface area contributed by atoms with Crippen LogP contribution in [0.25, 0.3) is 0 Å². The van der Waals surface area contributed by atoms with Crippen LogP contribution in [0.15, 0.2) is 24.3 Å². The van der Waals surface area contributed by atoms with E-state index in [0.29, 0.717) is 32.6 Å². The molecule has 5 heteroatoms. The highest BCUT2D eigenvalue weighted by atomic mass is 16.5. The SMILES string of the molecule is CCc1cccc(OC2CN(C(=O)[C@H]3CC(=O)N(CC)C3)C2)c1. The van der Waals surface area contributed by atoms with Crippen molar-refractivity contribution in [3.8, 4) is 5.75 Å². The second-order valence-electron chi connectivity index (χ2n) is 6.32. The zero-order valence-electron chi connectivity index (χ0n) is 13.8. The van der Waals surface area contributed by atoms with Crippen LogP contribution in [0.5, 0.6) is 5.75 Å². The van der Waals surface area contributed by atoms with Gasteiger partial charge in [0.25, 0.3) is 0 Å². The van der Waals surface area contributed by atoms with E-state index in [4.69, 9.17) is 4.74 Å². The fraction of sp³-hybridized carbons (Fsp3) is 0.556. The Hall–Kier alpha value is -2.04. The Bertz CT molecular complexity index is 596. The molecular formula is C18H24N2O3. The number of benzene rings is 1. The fourth-order valence-corrected chi connectivity index (χ4v) is 3.23. The molecule has 2 fully saturated rings. The van der Waals surface area contributed by atoms with Gasteiger partial charge in [-0.05, 0) is 31.0 Å². The molecule has 0 aromatic heterocycles. The normalized spacial score (nSPS) is 21.5. The third-order valence-electron chi connectivity index (χ3n) is 4.71. The second-order valence-corrected chi connectivity index (χ2v) is 6.32. The van der Waals surface area contributed by atoms with Crippen molar-refractivity contribution in [2.75, 3.05) is 26.2 Å². The summed E-state index contributed by atoms with van der Waals surface area (Å²) in [6, 6.07) is 8.09. The number of carbonyl (C=O) groups excluding carboxylic acids is 2. The molecule has 1 atom stereocenters. The van der Waals surface area contributed by atoms with Crippen molar-refractivity contribution < 1.29 is 14.3 Å². The number of hydrogen-bond acceptors (Lipinski definition) is 3. The lowest BCUT2D eigenvalue weighted by molar-refractivity contribution is -0.144. The predicted octanol–water partition coefficient (Wildman–Crippen LogP) is 1.71. The highest BCUT2D eigenvalue weighted by Crippen LogP contribution is 2.25. The Morgan fingerprint density at radius 2 is 2.04 bits per heavy atom. The summed E-state index contributed by atoms with van der Waals surface area (Å²) in [4.78, 5) is 27.7. The van der Waals surface area contributed by atoms with Gasteiger partial charge in [-0.15, -0.1) is 0 Å². The van der Waals surface area contributed by atoms with Crippen LogP contribution >= 0.6 is 0 Å². The first-order valence-corrected chi connectivity index (χ1v) is 8.42. The van der Waals surface area contributed by atoms with Crippen molar-refractivity contribution in [2.45, 2.75) is 32.8 Å². The maximum atomic E-state index is 12.4. The Labute approximate surface area is 137 Å². The first-order valence-electron chi connectivity index (χ1n) is 8.42. The average Bonchev–Trinajstić information content (AvgIpc) is 2.91. The number of likely N-dealkylation sites (tertiary alicyclic amines) is 2. The van der Waals surface area contributed by atoms with E-state index in [9.17, 15) is 9.59 Å². The van der Waals surface area contributed by atoms with Crippen molar-refractivity contribution in [2.24, 2.45) is 5.92 Å². The van der Waals surface area contributed by atoms with Gasteiger partial charge in [-0.1, -0.05) is 19.1 Å². The highest BCUT2D eigenvalue weighted by Gasteiger charge is 2.40. The van der Waals surface area contributed by atoms with Crippen LogP contribution in [0, 0.1) is 5.92 Å². The van der Waals surface area contributed by atoms with E-state index in [-0.39, 0.29) is 23.8 Å². The molecule has 2 aliphatic heterocycles. The van der Waals surface area contributed by atoms with Crippen LogP contribution in [-0.4, -0.2) is 53.9 Å². The fourth-order valence-electron chi connectivity index (χ4n) is 3.23. The summed E-state index contributed by atoms with van der Waals surface area (Å²) >= 11 is 0. The molecule has 2 saturated heterocycles. The van der Waals surface area contributed by atoms with Gasteiger partial charge in [0, 0.05) is 19.5 Å². The topological polar surface area (TPSA) is 49.9 Å². The van der Waals surface area contributed by atoms with Crippen molar-refractivity contribution >= 4 is 11.8 Å². The van der Waals surface area contributed by atoms with Crippen LogP contribution < -0.4 is 4.74 Å². The molecule has 0 unspecified atom stereocenters. The van der Waals surface area contributed by atoms with Gasteiger partial charge in [0.05, 0.1) is 19.0 Å². The third-order valence-corrected chi connectivity index (χ3v) is 4.71. The molecule has 0 spiro atoms. The maximum Gasteiger partial charge on any atom is 0.228 e. The van der Waals surface area contributed by atoms with E-state index in [1.54, 1.807) is 4.90 Å². The number of hydrogen-bond donors (Lipinski definition) is 0. The van der Waals surface area contributed by atoms with Gasteiger partial charge in [-0.25, -0.2) is 0 Å². The summed E-state index contributed by atoms with van der Waals surface area (Å²) in [5.74, 6) is 0.883. The van der Waals surface area contributed by atoms with Crippen LogP contribution in [0.2, 0.25) is 0 Å². The van der Waals surface area contributed by atoms with Gasteiger partial charge in [-0.3, -0.25) is 9.59 Å². The molecule has 0 N–H and O–H groups in total. The lowest BCUT2D eigenvalue weighted by atomic mass is 10.0. The van der Waals surface area contributed by atoms with Crippen molar-refractivity contribution in [1.29, 1.82) is 0 Å². The molecule has 0 radical (unpaired) electrons. The molecular weight excluding hydrogens is 292 g/mol. The van der Waals surface area contributed by atoms with Crippen molar-refractivity contribution in [1.82, 2.24) is 9.80 Å². The van der Waals surface area contributed by atoms with Gasteiger partial charge >= 0.3 is 0 Å². The van der Waals surface area contributed by atoms with Crippen LogP contribution in [0.1, 0.15) is 25.8 Å². The van der Waals surface area contributed by atoms with Gasteiger partial charge in [0.15, 0.2) is 0 Å². The minimum atomic E-state index is -0.174. The van der Waals surface area contributed by atoms with Crippen LogP contribution in [-0.2, 0) is 16.0 Å². The van der Waals surface area contributed by atoms with Crippen molar-refractivity contribution in [3.05, 3.63) is 29.8 Å². The highest BCUT2D eigenvalue weighted by molar-refractivity contribution is 5.89. The van der Waals surface area contributed by atoms with Crippen molar-refractivity contribution in [3.63, 3.8) is 0 Å². The predicted molar refractivity (Wildman–Crippen MR) is 87.2 cm³/mol. The van der Waals surface area contributed by atoms with Gasteiger partial charge < -0.3 is 14.5 Å². The summed E-state index contributed by atoms with van der Waals surface area (Å²) in [6.07, 6.45) is 1.40. The standard InChI is InChI=1S/C18H24N2O3/c1-3-13-6-5-7-15(8-13)23-16-11-20(12-16)18(22)14-9-17(21)19(4-2)10-14/h5-8,14,16H,3-4,9-12H2,1-2H3/t14-/m0/s1. The van der Waals surface area contributed by atoms with Gasteiger partial charge in [-0.2, -0.15) is 0 Å². The molecule has 23 heavy (non-hydrogen) atoms. The monoisotopic (exact) mass is 316 g/mol. The molecule has 0 saturated carbocycles. The summed E-state index contributed by atoms with van der Waals surface area (Å²) in [6.45, 7) is 6.54. The number of aryl methyl sites for hydroxylation is 1. The second kappa shape index (κ2) is 6.60. The molecule has 2 heterocycles. The number of rotatable bonds is 5. The Morgan fingerprint density at radius 3 is 2.70 bits per heavy atom. The zero-order chi connectivity index (χ0) is 16.4. The number of nitrogens with zero attached hydrogens (tertiary/aromatic N) is 2. The molecule has 1 aromatic carbocycles. The first kappa shape index (κ1) is 15.8. The molecule has 5 nitrogen and oxygen atoms in total. The van der Waals surface area contributed by atoms with E-state index in [2.05, 4.69) is 19.1 Å². The molecule has 0 bridgehead atoms. The summed E-state index contributed by atoms with van der Waals surface area (Å²) in [5.41, 5.74) is 1.25. The first-order chi connectivity index (χ1) is 11.1. The van der Waals surface area contributed by atoms with Crippen LogP contribution in [0.4, 0.5) is 0 Å². The van der Waals surface area contributed by atoms with Gasteiger partial charge in [0.2, 0.25) is 11.8 Å². The van der Waals surface area contributed by atoms with E-state index in [0.717, 1.165) is 12.2 Å². The molecule has 1 aromatic rings. The zero-order valence-corrected chi connectivity index (χ0v) is 13.8. The number of ether oxygens (including phenoxy) is 1. The van der Waals surface area contributed by atoms with E-state index in [1.165, 1.54) is 5.56 Å². The average molecular weight is 316 g/mol. The molecule has 3 rings (SSSR count). The minimum Gasteiger partial charge on any atom is -0.487 e. The summed E-state index contributed by atoms with van der Waals surface area (Å²) in [5, 5.41) is 0. The quantitative estimate of drug-likeness (QED) is 0.831. The Balaban J connectivity index is 1.49. The molecule has 2 amide bonds. The Morgan fingerprint density at radius 1 is 1.26 bits per heavy atom. The number of carbonyl (C=O) groups is 2. The van der Waals surface area contributed by atoms with E-state index >= 15 is 0 Å². The van der Waals surface area contributed by atoms with E-state index < -0.39 is 0 Å². The Kier molecular flexibility index (Phi) is 4.55. The maximum absolute atomic E-state index is 12.4. The largest absolute Gasteiger partial charge is 0.487 e. The minimum absolute atomic E-state index is 0.0606. The van der Waals surface area contributed by atoms with Gasteiger partial charge in [0.1, 0.15) is 11.9 Å². The lowest BCUT2D eigenvalue weighted by Crippen LogP contribution is -2.57.